The van der Waals surface area contributed by atoms with Gasteiger partial charge in [0.25, 0.3) is 0 Å². The van der Waals surface area contributed by atoms with Crippen molar-refractivity contribution in [1.29, 1.82) is 5.26 Å². The molecule has 0 aromatic carbocycles. The van der Waals surface area contributed by atoms with Crippen LogP contribution in [0.15, 0.2) is 12.1 Å². The highest BCUT2D eigenvalue weighted by atomic mass is 15.0. The molecular formula is C16H23N3. The summed E-state index contributed by atoms with van der Waals surface area (Å²) in [4.78, 5) is 4.49. The maximum absolute atomic E-state index is 9.18. The molecule has 102 valence electrons. The van der Waals surface area contributed by atoms with Crippen molar-refractivity contribution in [3.05, 3.63) is 23.4 Å². The summed E-state index contributed by atoms with van der Waals surface area (Å²) in [5.41, 5.74) is 1.61. The number of aryl methyl sites for hydroxylation is 1. The van der Waals surface area contributed by atoms with E-state index >= 15 is 0 Å². The first-order valence-corrected chi connectivity index (χ1v) is 7.39. The average Bonchev–Trinajstić information content (AvgIpc) is 2.46. The number of anilines is 1. The van der Waals surface area contributed by atoms with Gasteiger partial charge >= 0.3 is 0 Å². The summed E-state index contributed by atoms with van der Waals surface area (Å²) in [5.74, 6) is 1.49. The third kappa shape index (κ3) is 3.47. The van der Waals surface area contributed by atoms with Gasteiger partial charge in [-0.3, -0.25) is 0 Å². The molecule has 0 bridgehead atoms. The Morgan fingerprint density at radius 1 is 1.37 bits per heavy atom. The van der Waals surface area contributed by atoms with E-state index in [1.807, 2.05) is 19.1 Å². The van der Waals surface area contributed by atoms with Crippen molar-refractivity contribution < 1.29 is 0 Å². The minimum atomic E-state index is 0.446. The standard InChI is InChI=1S/C16H23N3/c1-3-15(13-7-5-4-6-8-13)19-16-14(11-17)10-9-12(2)18-16/h9-10,13,15H,3-8H2,1-2H3,(H,18,19). The molecule has 1 atom stereocenters. The van der Waals surface area contributed by atoms with Gasteiger partial charge in [-0.1, -0.05) is 26.2 Å². The lowest BCUT2D eigenvalue weighted by atomic mass is 9.83. The molecule has 1 aromatic heterocycles. The molecule has 1 aromatic rings. The number of nitriles is 1. The van der Waals surface area contributed by atoms with Crippen LogP contribution < -0.4 is 5.32 Å². The van der Waals surface area contributed by atoms with Gasteiger partial charge in [-0.05, 0) is 44.2 Å². The summed E-state index contributed by atoms with van der Waals surface area (Å²) in [7, 11) is 0. The van der Waals surface area contributed by atoms with Crippen LogP contribution in [0.5, 0.6) is 0 Å². The van der Waals surface area contributed by atoms with Crippen molar-refractivity contribution >= 4 is 5.82 Å². The maximum atomic E-state index is 9.18. The first-order chi connectivity index (χ1) is 9.24. The fourth-order valence-electron chi connectivity index (χ4n) is 3.02. The molecule has 0 aliphatic heterocycles. The minimum absolute atomic E-state index is 0.446. The van der Waals surface area contributed by atoms with Gasteiger partial charge in [0.1, 0.15) is 11.9 Å². The number of hydrogen-bond acceptors (Lipinski definition) is 3. The highest BCUT2D eigenvalue weighted by Gasteiger charge is 2.23. The third-order valence-corrected chi connectivity index (χ3v) is 4.14. The van der Waals surface area contributed by atoms with E-state index < -0.39 is 0 Å². The van der Waals surface area contributed by atoms with Crippen LogP contribution >= 0.6 is 0 Å². The predicted molar refractivity (Wildman–Crippen MR) is 78.0 cm³/mol. The number of aromatic nitrogens is 1. The Bertz CT molecular complexity index is 456. The van der Waals surface area contributed by atoms with Crippen molar-refractivity contribution in [2.75, 3.05) is 5.32 Å². The van der Waals surface area contributed by atoms with Crippen molar-refractivity contribution in [2.24, 2.45) is 5.92 Å². The summed E-state index contributed by atoms with van der Waals surface area (Å²) in [5, 5.41) is 12.7. The third-order valence-electron chi connectivity index (χ3n) is 4.14. The van der Waals surface area contributed by atoms with E-state index in [9.17, 15) is 5.26 Å². The molecule has 1 heterocycles. The van der Waals surface area contributed by atoms with E-state index in [-0.39, 0.29) is 0 Å². The molecule has 0 amide bonds. The molecule has 0 radical (unpaired) electrons. The van der Waals surface area contributed by atoms with Gasteiger partial charge in [0.2, 0.25) is 0 Å². The van der Waals surface area contributed by atoms with Crippen LogP contribution in [0, 0.1) is 24.2 Å². The van der Waals surface area contributed by atoms with E-state index in [2.05, 4.69) is 23.3 Å². The Balaban J connectivity index is 2.13. The monoisotopic (exact) mass is 257 g/mol. The highest BCUT2D eigenvalue weighted by molar-refractivity contribution is 5.52. The molecule has 3 nitrogen and oxygen atoms in total. The molecule has 0 spiro atoms. The SMILES string of the molecule is CCC(Nc1nc(C)ccc1C#N)C1CCCCC1. The largest absolute Gasteiger partial charge is 0.366 e. The van der Waals surface area contributed by atoms with E-state index in [0.29, 0.717) is 11.6 Å². The molecule has 1 aliphatic rings. The second kappa shape index (κ2) is 6.56. The molecule has 0 saturated heterocycles. The van der Waals surface area contributed by atoms with Gasteiger partial charge in [0, 0.05) is 11.7 Å². The second-order valence-corrected chi connectivity index (χ2v) is 5.52. The second-order valence-electron chi connectivity index (χ2n) is 5.52. The minimum Gasteiger partial charge on any atom is -0.366 e. The number of nitrogens with zero attached hydrogens (tertiary/aromatic N) is 2. The normalized spacial score (nSPS) is 17.7. The molecule has 1 fully saturated rings. The number of rotatable bonds is 4. The lowest BCUT2D eigenvalue weighted by molar-refractivity contribution is 0.312. The van der Waals surface area contributed by atoms with Crippen LogP contribution in [-0.2, 0) is 0 Å². The van der Waals surface area contributed by atoms with Crippen molar-refractivity contribution in [2.45, 2.75) is 58.4 Å². The summed E-state index contributed by atoms with van der Waals surface area (Å²) in [6.07, 6.45) is 7.76. The van der Waals surface area contributed by atoms with Crippen LogP contribution in [-0.4, -0.2) is 11.0 Å². The van der Waals surface area contributed by atoms with Gasteiger partial charge < -0.3 is 5.32 Å². The van der Waals surface area contributed by atoms with Gasteiger partial charge in [-0.15, -0.1) is 0 Å². The zero-order chi connectivity index (χ0) is 13.7. The summed E-state index contributed by atoms with van der Waals surface area (Å²) < 4.78 is 0. The Hall–Kier alpha value is -1.56. The van der Waals surface area contributed by atoms with Gasteiger partial charge in [-0.25, -0.2) is 4.98 Å². The Labute approximate surface area is 116 Å². The highest BCUT2D eigenvalue weighted by Crippen LogP contribution is 2.29. The van der Waals surface area contributed by atoms with Gasteiger partial charge in [0.15, 0.2) is 0 Å². The van der Waals surface area contributed by atoms with Crippen LogP contribution in [0.25, 0.3) is 0 Å². The molecule has 3 heteroatoms. The van der Waals surface area contributed by atoms with Gasteiger partial charge in [0.05, 0.1) is 5.56 Å². The number of pyridine rings is 1. The fourth-order valence-corrected chi connectivity index (χ4v) is 3.02. The van der Waals surface area contributed by atoms with Crippen LogP contribution in [0.3, 0.4) is 0 Å². The quantitative estimate of drug-likeness (QED) is 0.885. The fraction of sp³-hybridized carbons (Fsp3) is 0.625. The van der Waals surface area contributed by atoms with E-state index in [0.717, 1.165) is 23.9 Å². The van der Waals surface area contributed by atoms with Crippen molar-refractivity contribution in [3.8, 4) is 6.07 Å². The average molecular weight is 257 g/mol. The number of hydrogen-bond donors (Lipinski definition) is 1. The zero-order valence-electron chi connectivity index (χ0n) is 11.9. The maximum Gasteiger partial charge on any atom is 0.144 e. The van der Waals surface area contributed by atoms with E-state index in [4.69, 9.17) is 0 Å². The molecule has 2 rings (SSSR count). The first-order valence-electron chi connectivity index (χ1n) is 7.39. The zero-order valence-corrected chi connectivity index (χ0v) is 11.9. The van der Waals surface area contributed by atoms with Crippen molar-refractivity contribution in [1.82, 2.24) is 4.98 Å². The molecule has 1 saturated carbocycles. The Morgan fingerprint density at radius 3 is 2.74 bits per heavy atom. The predicted octanol–water partition coefficient (Wildman–Crippen LogP) is 4.03. The van der Waals surface area contributed by atoms with E-state index in [1.165, 1.54) is 32.1 Å². The number of nitrogens with one attached hydrogen (secondary N) is 1. The first kappa shape index (κ1) is 13.9. The van der Waals surface area contributed by atoms with Gasteiger partial charge in [-0.2, -0.15) is 5.26 Å². The topological polar surface area (TPSA) is 48.7 Å². The summed E-state index contributed by atoms with van der Waals surface area (Å²) >= 11 is 0. The lowest BCUT2D eigenvalue weighted by Gasteiger charge is -2.30. The summed E-state index contributed by atoms with van der Waals surface area (Å²) in [6, 6.07) is 6.43. The van der Waals surface area contributed by atoms with Crippen LogP contribution in [0.4, 0.5) is 5.82 Å². The Morgan fingerprint density at radius 2 is 2.11 bits per heavy atom. The molecule has 1 unspecified atom stereocenters. The van der Waals surface area contributed by atoms with Crippen LogP contribution in [0.2, 0.25) is 0 Å². The molecule has 1 aliphatic carbocycles. The van der Waals surface area contributed by atoms with E-state index in [1.54, 1.807) is 0 Å². The van der Waals surface area contributed by atoms with Crippen molar-refractivity contribution in [3.63, 3.8) is 0 Å². The molecular weight excluding hydrogens is 234 g/mol. The molecule has 1 N–H and O–H groups in total. The Kier molecular flexibility index (Phi) is 4.79. The smallest absolute Gasteiger partial charge is 0.144 e. The molecule has 19 heavy (non-hydrogen) atoms. The lowest BCUT2D eigenvalue weighted by Crippen LogP contribution is -2.30. The van der Waals surface area contributed by atoms with Crippen LogP contribution in [0.1, 0.15) is 56.7 Å². The summed E-state index contributed by atoms with van der Waals surface area (Å²) in [6.45, 7) is 4.18.